The molecule has 36 heavy (non-hydrogen) atoms. The molecule has 6 nitrogen and oxygen atoms in total. The van der Waals surface area contributed by atoms with Gasteiger partial charge in [0.05, 0.1) is 13.2 Å². The SMILES string of the molecule is C[C@H]1CC[C@H](c2ccccc2)S(=O)(=O)N1Cc1ccc(C2(CN3CCOCC3)CCOCC2)cc1F. The fourth-order valence-corrected chi connectivity index (χ4v) is 8.20. The maximum Gasteiger partial charge on any atom is 0.221 e. The van der Waals surface area contributed by atoms with Crippen LogP contribution >= 0.6 is 0 Å². The molecular weight excluding hydrogens is 479 g/mol. The molecule has 0 spiro atoms. The molecule has 3 fully saturated rings. The summed E-state index contributed by atoms with van der Waals surface area (Å²) in [5.41, 5.74) is 2.04. The number of nitrogens with zero attached hydrogens (tertiary/aromatic N) is 2. The smallest absolute Gasteiger partial charge is 0.221 e. The lowest BCUT2D eigenvalue weighted by atomic mass is 9.73. The highest BCUT2D eigenvalue weighted by Gasteiger charge is 2.41. The van der Waals surface area contributed by atoms with E-state index in [4.69, 9.17) is 9.47 Å². The van der Waals surface area contributed by atoms with Gasteiger partial charge >= 0.3 is 0 Å². The number of hydrogen-bond acceptors (Lipinski definition) is 5. The van der Waals surface area contributed by atoms with E-state index in [-0.39, 0.29) is 23.8 Å². The first-order chi connectivity index (χ1) is 17.4. The fourth-order valence-electron chi connectivity index (χ4n) is 6.01. The van der Waals surface area contributed by atoms with Crippen LogP contribution in [0.3, 0.4) is 0 Å². The number of sulfonamides is 1. The molecule has 0 radical (unpaired) electrons. The van der Waals surface area contributed by atoms with Gasteiger partial charge in [0.1, 0.15) is 11.1 Å². The molecule has 3 heterocycles. The minimum absolute atomic E-state index is 0.0541. The van der Waals surface area contributed by atoms with Crippen LogP contribution in [-0.4, -0.2) is 69.7 Å². The molecule has 0 amide bonds. The normalized spacial score (nSPS) is 27.1. The van der Waals surface area contributed by atoms with Gasteiger partial charge in [-0.25, -0.2) is 12.8 Å². The zero-order valence-corrected chi connectivity index (χ0v) is 21.9. The Morgan fingerprint density at radius 2 is 1.67 bits per heavy atom. The number of rotatable bonds is 6. The fraction of sp³-hybridized carbons (Fsp3) is 0.571. The topological polar surface area (TPSA) is 59.1 Å². The highest BCUT2D eigenvalue weighted by Crippen LogP contribution is 2.40. The van der Waals surface area contributed by atoms with E-state index in [1.54, 1.807) is 12.1 Å². The molecule has 0 N–H and O–H groups in total. The standard InChI is InChI=1S/C28H37FN2O4S/c1-22-7-10-27(23-5-3-2-4-6-23)36(32,33)31(22)20-24-8-9-25(19-26(24)29)28(11-15-34-16-12-28)21-30-13-17-35-18-14-30/h2-6,8-9,19,22,27H,7,10-18,20-21H2,1H3/t22-,27+/m0/s1. The molecule has 3 saturated heterocycles. The van der Waals surface area contributed by atoms with Crippen molar-refractivity contribution in [2.45, 2.75) is 55.9 Å². The number of morpholine rings is 1. The number of halogens is 1. The predicted molar refractivity (Wildman–Crippen MR) is 138 cm³/mol. The second-order valence-electron chi connectivity index (χ2n) is 10.5. The summed E-state index contributed by atoms with van der Waals surface area (Å²) in [5, 5.41) is -0.587. The zero-order valence-electron chi connectivity index (χ0n) is 21.1. The first kappa shape index (κ1) is 25.8. The lowest BCUT2D eigenvalue weighted by Crippen LogP contribution is -2.48. The van der Waals surface area contributed by atoms with E-state index in [0.717, 1.165) is 63.2 Å². The Labute approximate surface area is 214 Å². The zero-order chi connectivity index (χ0) is 25.2. The Kier molecular flexibility index (Phi) is 7.79. The van der Waals surface area contributed by atoms with Crippen molar-refractivity contribution in [2.75, 3.05) is 46.1 Å². The maximum atomic E-state index is 15.6. The minimum Gasteiger partial charge on any atom is -0.381 e. The molecule has 3 aliphatic rings. The van der Waals surface area contributed by atoms with Crippen molar-refractivity contribution >= 4 is 10.0 Å². The van der Waals surface area contributed by atoms with Gasteiger partial charge in [0.15, 0.2) is 0 Å². The first-order valence-electron chi connectivity index (χ1n) is 13.1. The number of benzene rings is 2. The number of ether oxygens (including phenoxy) is 2. The highest BCUT2D eigenvalue weighted by atomic mass is 32.2. The van der Waals surface area contributed by atoms with Gasteiger partial charge in [0.25, 0.3) is 0 Å². The van der Waals surface area contributed by atoms with Gasteiger partial charge in [0, 0.05) is 56.4 Å². The third kappa shape index (κ3) is 5.24. The second kappa shape index (κ2) is 10.9. The molecular formula is C28H37FN2O4S. The maximum absolute atomic E-state index is 15.6. The molecule has 2 aromatic carbocycles. The van der Waals surface area contributed by atoms with Crippen molar-refractivity contribution < 1.29 is 22.3 Å². The summed E-state index contributed by atoms with van der Waals surface area (Å²) in [6.07, 6.45) is 3.03. The van der Waals surface area contributed by atoms with E-state index in [9.17, 15) is 8.42 Å². The Morgan fingerprint density at radius 1 is 0.972 bits per heavy atom. The lowest BCUT2D eigenvalue weighted by molar-refractivity contribution is -0.00126. The van der Waals surface area contributed by atoms with Gasteiger partial charge in [-0.2, -0.15) is 4.31 Å². The molecule has 0 bridgehead atoms. The van der Waals surface area contributed by atoms with E-state index >= 15 is 4.39 Å². The molecule has 5 rings (SSSR count). The summed E-state index contributed by atoms with van der Waals surface area (Å²) in [7, 11) is -3.61. The Balaban J connectivity index is 1.39. The average Bonchev–Trinajstić information content (AvgIpc) is 2.89. The van der Waals surface area contributed by atoms with Crippen molar-refractivity contribution in [3.8, 4) is 0 Å². The van der Waals surface area contributed by atoms with E-state index in [1.165, 1.54) is 4.31 Å². The van der Waals surface area contributed by atoms with Gasteiger partial charge in [-0.3, -0.25) is 4.90 Å². The summed E-state index contributed by atoms with van der Waals surface area (Å²) >= 11 is 0. The summed E-state index contributed by atoms with van der Waals surface area (Å²) in [6.45, 7) is 7.39. The Hall–Kier alpha value is -1.84. The molecule has 0 aromatic heterocycles. The van der Waals surface area contributed by atoms with Crippen LogP contribution in [0.15, 0.2) is 48.5 Å². The van der Waals surface area contributed by atoms with Crippen LogP contribution in [0.1, 0.15) is 54.5 Å². The molecule has 8 heteroatoms. The monoisotopic (exact) mass is 516 g/mol. The van der Waals surface area contributed by atoms with Gasteiger partial charge in [-0.15, -0.1) is 0 Å². The first-order valence-corrected chi connectivity index (χ1v) is 14.6. The highest BCUT2D eigenvalue weighted by molar-refractivity contribution is 7.89. The van der Waals surface area contributed by atoms with E-state index < -0.39 is 15.3 Å². The van der Waals surface area contributed by atoms with Crippen molar-refractivity contribution in [1.29, 1.82) is 0 Å². The molecule has 0 aliphatic carbocycles. The molecule has 2 aromatic rings. The number of hydrogen-bond donors (Lipinski definition) is 0. The van der Waals surface area contributed by atoms with Crippen LogP contribution in [0.4, 0.5) is 4.39 Å². The summed E-state index contributed by atoms with van der Waals surface area (Å²) in [6, 6.07) is 14.7. The van der Waals surface area contributed by atoms with Crippen LogP contribution in [0.5, 0.6) is 0 Å². The van der Waals surface area contributed by atoms with Gasteiger partial charge in [-0.1, -0.05) is 42.5 Å². The van der Waals surface area contributed by atoms with E-state index in [2.05, 4.69) is 4.90 Å². The van der Waals surface area contributed by atoms with Crippen LogP contribution in [-0.2, 0) is 31.5 Å². The summed E-state index contributed by atoms with van der Waals surface area (Å²) in [5.74, 6) is -0.329. The van der Waals surface area contributed by atoms with Crippen molar-refractivity contribution in [2.24, 2.45) is 0 Å². The van der Waals surface area contributed by atoms with Gasteiger partial charge < -0.3 is 9.47 Å². The molecule has 0 unspecified atom stereocenters. The lowest BCUT2D eigenvalue weighted by Gasteiger charge is -2.42. The second-order valence-corrected chi connectivity index (χ2v) is 12.6. The van der Waals surface area contributed by atoms with Crippen LogP contribution in [0.25, 0.3) is 0 Å². The summed E-state index contributed by atoms with van der Waals surface area (Å²) in [4.78, 5) is 2.41. The van der Waals surface area contributed by atoms with Crippen LogP contribution in [0.2, 0.25) is 0 Å². The van der Waals surface area contributed by atoms with Crippen molar-refractivity contribution in [1.82, 2.24) is 9.21 Å². The third-order valence-electron chi connectivity index (χ3n) is 8.27. The largest absolute Gasteiger partial charge is 0.381 e. The molecule has 196 valence electrons. The molecule has 3 aliphatic heterocycles. The van der Waals surface area contributed by atoms with E-state index in [0.29, 0.717) is 25.2 Å². The average molecular weight is 517 g/mol. The minimum atomic E-state index is -3.61. The van der Waals surface area contributed by atoms with Crippen LogP contribution in [0, 0.1) is 5.82 Å². The summed E-state index contributed by atoms with van der Waals surface area (Å²) < 4.78 is 55.5. The van der Waals surface area contributed by atoms with Gasteiger partial charge in [0.2, 0.25) is 10.0 Å². The van der Waals surface area contributed by atoms with E-state index in [1.807, 2.05) is 43.3 Å². The quantitative estimate of drug-likeness (QED) is 0.574. The third-order valence-corrected chi connectivity index (χ3v) is 10.6. The molecule has 2 atom stereocenters. The van der Waals surface area contributed by atoms with Crippen LogP contribution < -0.4 is 0 Å². The Bertz CT molecular complexity index is 1130. The van der Waals surface area contributed by atoms with Crippen molar-refractivity contribution in [3.63, 3.8) is 0 Å². The Morgan fingerprint density at radius 3 is 2.36 bits per heavy atom. The predicted octanol–water partition coefficient (Wildman–Crippen LogP) is 4.26. The van der Waals surface area contributed by atoms with Crippen molar-refractivity contribution in [3.05, 3.63) is 71.0 Å². The molecule has 0 saturated carbocycles. The van der Waals surface area contributed by atoms with Gasteiger partial charge in [-0.05, 0) is 49.8 Å².